The van der Waals surface area contributed by atoms with Crippen molar-refractivity contribution >= 4 is 34.4 Å². The normalized spacial score (nSPS) is 18.5. The Morgan fingerprint density at radius 3 is 2.49 bits per heavy atom. The second-order valence-electron chi connectivity index (χ2n) is 10.1. The van der Waals surface area contributed by atoms with Crippen LogP contribution in [0.3, 0.4) is 0 Å². The van der Waals surface area contributed by atoms with Crippen LogP contribution in [0.25, 0.3) is 22.2 Å². The van der Waals surface area contributed by atoms with Crippen molar-refractivity contribution in [2.75, 3.05) is 18.0 Å². The molecule has 0 saturated carbocycles. The molecule has 1 aliphatic heterocycles. The summed E-state index contributed by atoms with van der Waals surface area (Å²) in [6.07, 6.45) is -1.80. The van der Waals surface area contributed by atoms with Crippen molar-refractivity contribution in [3.63, 3.8) is 0 Å². The van der Waals surface area contributed by atoms with Crippen LogP contribution in [0.15, 0.2) is 24.5 Å². The number of hydrogen-bond donors (Lipinski definition) is 2. The third kappa shape index (κ3) is 5.04. The monoisotopic (exact) mass is 562 g/mol. The molecule has 3 heterocycles. The molecule has 2 N–H and O–H groups in total. The first-order chi connectivity index (χ1) is 19.3. The first kappa shape index (κ1) is 29.0. The van der Waals surface area contributed by atoms with Crippen molar-refractivity contribution in [3.05, 3.63) is 35.8 Å². The van der Waals surface area contributed by atoms with Gasteiger partial charge in [0, 0.05) is 56.3 Å². The van der Waals surface area contributed by atoms with E-state index in [2.05, 4.69) is 21.1 Å². The molecule has 1 unspecified atom stereocenters. The van der Waals surface area contributed by atoms with E-state index >= 15 is 0 Å². The number of alkyl halides is 2. The number of carbonyl (C=O) groups is 1. The molecule has 0 aliphatic carbocycles. The Balaban J connectivity index is 1.85. The maximum Gasteiger partial charge on any atom is 0.265 e. The van der Waals surface area contributed by atoms with Crippen LogP contribution in [0.2, 0.25) is 0 Å². The second kappa shape index (κ2) is 10.9. The highest BCUT2D eigenvalue weighted by molar-refractivity contribution is 6.14. The minimum absolute atomic E-state index is 0.0455. The number of ether oxygens (including phenoxy) is 1. The second-order valence-corrected chi connectivity index (χ2v) is 10.1. The Bertz CT molecular complexity index is 1640. The first-order valence-corrected chi connectivity index (χ1v) is 12.6. The summed E-state index contributed by atoms with van der Waals surface area (Å²) < 4.78 is 34.2. The van der Waals surface area contributed by atoms with Crippen LogP contribution in [0.5, 0.6) is 0 Å². The zero-order valence-corrected chi connectivity index (χ0v) is 23.1. The summed E-state index contributed by atoms with van der Waals surface area (Å²) in [5, 5.41) is 39.9. The fraction of sp³-hybridized carbons (Fsp3) is 0.407. The van der Waals surface area contributed by atoms with Gasteiger partial charge in [0.15, 0.2) is 11.3 Å². The highest BCUT2D eigenvalue weighted by Crippen LogP contribution is 2.37. The molecule has 1 aromatic carbocycles. The van der Waals surface area contributed by atoms with E-state index in [1.165, 1.54) is 28.9 Å². The molecular formula is C27H28F2N10O2. The van der Waals surface area contributed by atoms with Gasteiger partial charge in [-0.15, -0.1) is 0 Å². The predicted octanol–water partition coefficient (Wildman–Crippen LogP) is 3.46. The van der Waals surface area contributed by atoms with Crippen molar-refractivity contribution in [1.29, 1.82) is 21.3 Å². The molecule has 1 saturated heterocycles. The van der Waals surface area contributed by atoms with E-state index in [0.29, 0.717) is 39.2 Å². The van der Waals surface area contributed by atoms with Gasteiger partial charge in [0.05, 0.1) is 22.7 Å². The van der Waals surface area contributed by atoms with E-state index in [0.717, 1.165) is 6.92 Å². The molecule has 1 fully saturated rings. The Labute approximate surface area is 234 Å². The van der Waals surface area contributed by atoms with Gasteiger partial charge in [0.25, 0.3) is 6.43 Å². The van der Waals surface area contributed by atoms with Crippen molar-refractivity contribution in [3.8, 4) is 23.4 Å². The highest BCUT2D eigenvalue weighted by atomic mass is 19.3. The average Bonchev–Trinajstić information content (AvgIpc) is 3.31. The topological polar surface area (TPSA) is 172 Å². The first-order valence-electron chi connectivity index (χ1n) is 12.6. The molecular weight excluding hydrogens is 534 g/mol. The number of benzene rings is 1. The van der Waals surface area contributed by atoms with Crippen LogP contribution in [0.4, 0.5) is 14.6 Å². The van der Waals surface area contributed by atoms with E-state index in [-0.39, 0.29) is 24.9 Å². The summed E-state index contributed by atoms with van der Waals surface area (Å²) in [4.78, 5) is 25.3. The van der Waals surface area contributed by atoms with E-state index in [1.54, 1.807) is 39.1 Å². The van der Waals surface area contributed by atoms with Crippen LogP contribution >= 0.6 is 0 Å². The molecule has 2 aromatic heterocycles. The molecule has 14 heteroatoms. The number of hydrogen-bond acceptors (Lipinski definition) is 10. The largest absolute Gasteiger partial charge is 0.426 e. The number of nitrogens with one attached hydrogen (secondary N) is 2. The quantitative estimate of drug-likeness (QED) is 0.351. The maximum absolute atomic E-state index is 13.7. The number of carbonyl (C=O) groups excluding carboxylic acids is 1. The molecule has 212 valence electrons. The summed E-state index contributed by atoms with van der Waals surface area (Å²) in [6, 6.07) is 7.52. The molecule has 4 rings (SSSR count). The Morgan fingerprint density at radius 2 is 1.90 bits per heavy atom. The highest BCUT2D eigenvalue weighted by Gasteiger charge is 2.48. The molecule has 3 aromatic rings. The molecule has 0 bridgehead atoms. The average molecular weight is 563 g/mol. The van der Waals surface area contributed by atoms with Crippen LogP contribution in [-0.2, 0) is 16.6 Å². The van der Waals surface area contributed by atoms with Gasteiger partial charge in [-0.25, -0.2) is 18.7 Å². The number of nitrogens with zero attached hydrogens (tertiary/aromatic N) is 8. The molecule has 0 radical (unpaired) electrons. The minimum Gasteiger partial charge on any atom is -0.426 e. The summed E-state index contributed by atoms with van der Waals surface area (Å²) in [5.74, 6) is -1.03. The summed E-state index contributed by atoms with van der Waals surface area (Å²) >= 11 is 0. The maximum atomic E-state index is 13.7. The summed E-state index contributed by atoms with van der Waals surface area (Å²) in [6.45, 7) is 6.08. The zero-order valence-electron chi connectivity index (χ0n) is 23.1. The number of halogens is 2. The molecule has 12 nitrogen and oxygen atoms in total. The lowest BCUT2D eigenvalue weighted by molar-refractivity contribution is -0.148. The fourth-order valence-electron chi connectivity index (χ4n) is 4.88. The van der Waals surface area contributed by atoms with Crippen molar-refractivity contribution in [1.82, 2.24) is 24.6 Å². The fourth-order valence-corrected chi connectivity index (χ4v) is 4.88. The van der Waals surface area contributed by atoms with Crippen LogP contribution in [0, 0.1) is 38.9 Å². The third-order valence-electron chi connectivity index (χ3n) is 7.17. The van der Waals surface area contributed by atoms with Gasteiger partial charge in [0.2, 0.25) is 11.8 Å². The standard InChI is InChI=1S/C27H28F2N10O2/c1-14-11-39(26(40)27(4,12-31)25(28)29)15(2)10-38(14)24-21-19(23(33)41-16(3)32)7-6-18(22(21)34-13-35-24)20-8-17(9-30)37(5)36-20/h6-8,13-15,25,32-33H,10-11H2,1-5H3/t14?,15-,27+/m1/s1. The minimum atomic E-state index is -3.15. The lowest BCUT2D eigenvalue weighted by Crippen LogP contribution is -2.61. The lowest BCUT2D eigenvalue weighted by atomic mass is 9.89. The van der Waals surface area contributed by atoms with Gasteiger partial charge in [0.1, 0.15) is 23.9 Å². The number of nitriles is 2. The smallest absolute Gasteiger partial charge is 0.265 e. The Morgan fingerprint density at radius 1 is 1.20 bits per heavy atom. The Hall–Kier alpha value is -4.98. The number of aromatic nitrogens is 4. The summed E-state index contributed by atoms with van der Waals surface area (Å²) in [7, 11) is 1.64. The number of rotatable bonds is 5. The van der Waals surface area contributed by atoms with Gasteiger partial charge in [-0.1, -0.05) is 0 Å². The van der Waals surface area contributed by atoms with E-state index < -0.39 is 29.8 Å². The zero-order chi connectivity index (χ0) is 30.2. The van der Waals surface area contributed by atoms with E-state index in [9.17, 15) is 24.1 Å². The van der Waals surface area contributed by atoms with Crippen LogP contribution in [0.1, 0.15) is 39.0 Å². The number of anilines is 1. The van der Waals surface area contributed by atoms with Gasteiger partial charge in [-0.2, -0.15) is 15.6 Å². The molecule has 0 spiro atoms. The molecule has 3 atom stereocenters. The SMILES string of the molecule is CC(=N)OC(=N)c1ccc(-c2cc(C#N)n(C)n2)c2ncnc(N3C[C@@H](C)N(C(=O)[C@@](C)(C#N)C(F)F)CC3C)c12. The number of amides is 1. The van der Waals surface area contributed by atoms with Gasteiger partial charge < -0.3 is 14.5 Å². The Kier molecular flexibility index (Phi) is 7.70. The van der Waals surface area contributed by atoms with E-state index in [4.69, 9.17) is 15.6 Å². The van der Waals surface area contributed by atoms with Gasteiger partial charge >= 0.3 is 0 Å². The van der Waals surface area contributed by atoms with Gasteiger partial charge in [-0.3, -0.25) is 20.3 Å². The van der Waals surface area contributed by atoms with Crippen LogP contribution in [-0.4, -0.2) is 73.9 Å². The van der Waals surface area contributed by atoms with Crippen molar-refractivity contribution in [2.24, 2.45) is 12.5 Å². The van der Waals surface area contributed by atoms with Crippen molar-refractivity contribution in [2.45, 2.75) is 46.2 Å². The van der Waals surface area contributed by atoms with Gasteiger partial charge in [-0.05, 0) is 32.9 Å². The number of fused-ring (bicyclic) bond motifs is 1. The predicted molar refractivity (Wildman–Crippen MR) is 145 cm³/mol. The third-order valence-corrected chi connectivity index (χ3v) is 7.17. The summed E-state index contributed by atoms with van der Waals surface area (Å²) in [5.41, 5.74) is -0.379. The number of aryl methyl sites for hydroxylation is 1. The van der Waals surface area contributed by atoms with E-state index in [1.807, 2.05) is 4.90 Å². The van der Waals surface area contributed by atoms with Crippen LogP contribution < -0.4 is 4.90 Å². The lowest BCUT2D eigenvalue weighted by Gasteiger charge is -2.46. The molecule has 1 amide bonds. The van der Waals surface area contributed by atoms with Crippen molar-refractivity contribution < 1.29 is 18.3 Å². The molecule has 41 heavy (non-hydrogen) atoms. The molecule has 1 aliphatic rings. The number of piperazine rings is 1.